The molecule has 1 heteroatoms. The third-order valence-electron chi connectivity index (χ3n) is 17.0. The molecule has 0 radical (unpaired) electrons. The Bertz CT molecular complexity index is 1460. The maximum atomic E-state index is 13.3. The zero-order valence-electron chi connectivity index (χ0n) is 49.9. The molecule has 422 valence electrons. The quantitative estimate of drug-likeness (QED) is 0.0441. The van der Waals surface area contributed by atoms with E-state index in [1.807, 2.05) is 0 Å². The van der Waals surface area contributed by atoms with Gasteiger partial charge < -0.3 is 5.11 Å². The molecule has 0 bridgehead atoms. The van der Waals surface area contributed by atoms with E-state index in [0.717, 1.165) is 36.0 Å². The van der Waals surface area contributed by atoms with Crippen molar-refractivity contribution in [1.82, 2.24) is 0 Å². The molecule has 0 atom stereocenters. The molecule has 3 aromatic rings. The summed E-state index contributed by atoms with van der Waals surface area (Å²) in [6.45, 7) is 6.93. The molecule has 3 rings (SSSR count). The first-order valence-corrected chi connectivity index (χ1v) is 33.6. The third-order valence-corrected chi connectivity index (χ3v) is 17.0. The summed E-state index contributed by atoms with van der Waals surface area (Å²) in [6.07, 6.45) is 70.4. The van der Waals surface area contributed by atoms with E-state index in [2.05, 4.69) is 93.6 Å². The molecule has 0 saturated heterocycles. The number of unbranched alkanes of at least 4 members (excludes halogenated alkanes) is 45. The Balaban J connectivity index is 1.49. The number of benzene rings is 3. The molecule has 0 aromatic heterocycles. The lowest BCUT2D eigenvalue weighted by Gasteiger charge is -2.31. The lowest BCUT2D eigenvalue weighted by Crippen LogP contribution is -2.29. The average molecular weight is 1020 g/mol. The Hall–Kier alpha value is -2.38. The molecule has 0 heterocycles. The van der Waals surface area contributed by atoms with Crippen LogP contribution in [0.5, 0.6) is 0 Å². The van der Waals surface area contributed by atoms with E-state index in [9.17, 15) is 5.11 Å². The predicted octanol–water partition coefficient (Wildman–Crippen LogP) is 24.4. The third kappa shape index (κ3) is 33.0. The first kappa shape index (κ1) is 65.9. The second-order valence-electron chi connectivity index (χ2n) is 24.0. The molecule has 0 saturated carbocycles. The van der Waals surface area contributed by atoms with Crippen molar-refractivity contribution in [1.29, 1.82) is 0 Å². The van der Waals surface area contributed by atoms with Crippen molar-refractivity contribution in [3.05, 3.63) is 106 Å². The van der Waals surface area contributed by atoms with Crippen LogP contribution in [0.1, 0.15) is 362 Å². The molecule has 0 fully saturated rings. The van der Waals surface area contributed by atoms with E-state index in [1.54, 1.807) is 0 Å². The van der Waals surface area contributed by atoms with Crippen molar-refractivity contribution in [2.75, 3.05) is 0 Å². The molecular weight excluding hydrogens is 893 g/mol. The van der Waals surface area contributed by atoms with Crippen LogP contribution in [0.25, 0.3) is 0 Å². The molecule has 0 aliphatic rings. The van der Waals surface area contributed by atoms with Crippen LogP contribution in [-0.4, -0.2) is 5.11 Å². The lowest BCUT2D eigenvalue weighted by molar-refractivity contribution is 0.125. The van der Waals surface area contributed by atoms with Gasteiger partial charge in [0.15, 0.2) is 0 Å². The normalized spacial score (nSPS) is 11.8. The molecule has 1 N–H and O–H groups in total. The highest BCUT2D eigenvalue weighted by Crippen LogP contribution is 2.38. The smallest absolute Gasteiger partial charge is 0.140 e. The molecule has 0 amide bonds. The van der Waals surface area contributed by atoms with Crippen molar-refractivity contribution >= 4 is 0 Å². The second-order valence-corrected chi connectivity index (χ2v) is 24.0. The zero-order chi connectivity index (χ0) is 52.5. The fraction of sp³-hybridized carbons (Fsp3) is 0.753. The Labute approximate surface area is 462 Å². The topological polar surface area (TPSA) is 20.2 Å². The van der Waals surface area contributed by atoms with Gasteiger partial charge in [0.1, 0.15) is 5.60 Å². The summed E-state index contributed by atoms with van der Waals surface area (Å²) in [5, 5.41) is 13.3. The van der Waals surface area contributed by atoms with Gasteiger partial charge in [-0.2, -0.15) is 0 Å². The van der Waals surface area contributed by atoms with Gasteiger partial charge in [-0.05, 0) is 71.9 Å². The van der Waals surface area contributed by atoms with Crippen LogP contribution in [-0.2, 0) is 24.9 Å². The van der Waals surface area contributed by atoms with E-state index in [-0.39, 0.29) is 0 Å². The van der Waals surface area contributed by atoms with Crippen molar-refractivity contribution in [3.8, 4) is 0 Å². The van der Waals surface area contributed by atoms with Crippen LogP contribution in [0, 0.1) is 0 Å². The number of aliphatic hydroxyl groups is 1. The van der Waals surface area contributed by atoms with E-state index >= 15 is 0 Å². The summed E-state index contributed by atoms with van der Waals surface area (Å²) in [7, 11) is 0. The minimum absolute atomic E-state index is 1.02. The molecule has 3 aromatic carbocycles. The van der Waals surface area contributed by atoms with Gasteiger partial charge in [0.2, 0.25) is 0 Å². The monoisotopic (exact) mass is 1020 g/mol. The Morgan fingerprint density at radius 2 is 0.392 bits per heavy atom. The highest BCUT2D eigenvalue weighted by Gasteiger charge is 2.34. The standard InChI is InChI=1S/C73H124O/c1-4-7-10-13-16-19-22-25-28-31-34-37-40-43-46-49-55-67-58-52-61-70(64-67)73(74,71-62-53-59-68(65-71)56-50-47-44-41-38-35-32-29-26-23-20-17-14-11-8-5-2)72-63-54-60-69(66-72)57-51-48-45-42-39-36-33-30-27-24-21-18-15-12-9-6-3/h52-54,58-66,74H,4-51,55-57H2,1-3H3. The Morgan fingerprint density at radius 3 is 0.568 bits per heavy atom. The first-order valence-electron chi connectivity index (χ1n) is 33.6. The Kier molecular flexibility index (Phi) is 42.6. The number of hydrogen-bond acceptors (Lipinski definition) is 1. The van der Waals surface area contributed by atoms with Crippen LogP contribution in [0.15, 0.2) is 72.8 Å². The summed E-state index contributed by atoms with van der Waals surface area (Å²) >= 11 is 0. The minimum Gasteiger partial charge on any atom is -0.376 e. The molecule has 0 spiro atoms. The van der Waals surface area contributed by atoms with Crippen LogP contribution in [0.4, 0.5) is 0 Å². The zero-order valence-corrected chi connectivity index (χ0v) is 49.9. The minimum atomic E-state index is -1.19. The highest BCUT2D eigenvalue weighted by molar-refractivity contribution is 5.49. The summed E-state index contributed by atoms with van der Waals surface area (Å²) in [4.78, 5) is 0. The van der Waals surface area contributed by atoms with Crippen LogP contribution < -0.4 is 0 Å². The van der Waals surface area contributed by atoms with Crippen molar-refractivity contribution in [3.63, 3.8) is 0 Å². The average Bonchev–Trinajstić information content (AvgIpc) is 3.42. The van der Waals surface area contributed by atoms with Gasteiger partial charge in [0, 0.05) is 0 Å². The van der Waals surface area contributed by atoms with Crippen LogP contribution >= 0.6 is 0 Å². The van der Waals surface area contributed by atoms with Gasteiger partial charge >= 0.3 is 0 Å². The fourth-order valence-corrected chi connectivity index (χ4v) is 12.0. The van der Waals surface area contributed by atoms with Crippen LogP contribution in [0.3, 0.4) is 0 Å². The van der Waals surface area contributed by atoms with Gasteiger partial charge in [-0.25, -0.2) is 0 Å². The van der Waals surface area contributed by atoms with Crippen molar-refractivity contribution in [2.24, 2.45) is 0 Å². The molecule has 0 aliphatic heterocycles. The van der Waals surface area contributed by atoms with E-state index in [0.29, 0.717) is 0 Å². The predicted molar refractivity (Wildman–Crippen MR) is 331 cm³/mol. The molecule has 0 unspecified atom stereocenters. The van der Waals surface area contributed by atoms with Crippen molar-refractivity contribution < 1.29 is 5.11 Å². The summed E-state index contributed by atoms with van der Waals surface area (Å²) < 4.78 is 0. The molecule has 0 aliphatic carbocycles. The lowest BCUT2D eigenvalue weighted by atomic mass is 9.78. The van der Waals surface area contributed by atoms with E-state index < -0.39 is 5.60 Å². The molecular formula is C73H124O. The van der Waals surface area contributed by atoms with Gasteiger partial charge in [-0.1, -0.05) is 383 Å². The van der Waals surface area contributed by atoms with Gasteiger partial charge in [-0.15, -0.1) is 0 Å². The first-order chi connectivity index (χ1) is 36.6. The van der Waals surface area contributed by atoms with Crippen molar-refractivity contribution in [2.45, 2.75) is 354 Å². The largest absolute Gasteiger partial charge is 0.376 e. The van der Waals surface area contributed by atoms with Gasteiger partial charge in [0.05, 0.1) is 0 Å². The summed E-state index contributed by atoms with van der Waals surface area (Å²) in [5.41, 5.74) is 5.95. The SMILES string of the molecule is CCCCCCCCCCCCCCCCCCc1cccc(C(O)(c2cccc(CCCCCCCCCCCCCCCCCC)c2)c2cccc(CCCCCCCCCCCCCCCCCC)c2)c1. The van der Waals surface area contributed by atoms with Crippen LogP contribution in [0.2, 0.25) is 0 Å². The van der Waals surface area contributed by atoms with Gasteiger partial charge in [0.25, 0.3) is 0 Å². The molecule has 74 heavy (non-hydrogen) atoms. The highest BCUT2D eigenvalue weighted by atomic mass is 16.3. The molecule has 1 nitrogen and oxygen atoms in total. The van der Waals surface area contributed by atoms with E-state index in [1.165, 1.54) is 325 Å². The van der Waals surface area contributed by atoms with Gasteiger partial charge in [-0.3, -0.25) is 0 Å². The fourth-order valence-electron chi connectivity index (χ4n) is 12.0. The summed E-state index contributed by atoms with van der Waals surface area (Å²) in [5.74, 6) is 0. The number of rotatable bonds is 54. The second kappa shape index (κ2) is 47.8. The maximum absolute atomic E-state index is 13.3. The number of hydrogen-bond donors (Lipinski definition) is 1. The number of aryl methyl sites for hydroxylation is 3. The Morgan fingerprint density at radius 1 is 0.230 bits per heavy atom. The summed E-state index contributed by atoms with van der Waals surface area (Å²) in [6, 6.07) is 27.2. The maximum Gasteiger partial charge on any atom is 0.140 e. The van der Waals surface area contributed by atoms with E-state index in [4.69, 9.17) is 0 Å².